The third-order valence-corrected chi connectivity index (χ3v) is 6.53. The first-order chi connectivity index (χ1) is 7.87. The molecule has 1 rings (SSSR count). The molecule has 1 aromatic rings. The van der Waals surface area contributed by atoms with Crippen molar-refractivity contribution in [2.75, 3.05) is 11.1 Å². The summed E-state index contributed by atoms with van der Waals surface area (Å²) in [5.74, 6) is 0.199. The zero-order valence-electron chi connectivity index (χ0n) is 10.1. The van der Waals surface area contributed by atoms with Gasteiger partial charge in [-0.25, -0.2) is 4.98 Å². The van der Waals surface area contributed by atoms with Crippen molar-refractivity contribution in [1.29, 1.82) is 10.5 Å². The Hall–Kier alpha value is -1.50. The molecule has 0 atom stereocenters. The van der Waals surface area contributed by atoms with Crippen molar-refractivity contribution in [1.82, 2.24) is 4.98 Å². The number of hydrogen-bond donors (Lipinski definition) is 1. The van der Waals surface area contributed by atoms with Crippen molar-refractivity contribution < 1.29 is 0 Å². The largest absolute Gasteiger partial charge is 0.383 e. The van der Waals surface area contributed by atoms with Gasteiger partial charge >= 0.3 is 0 Å². The number of rotatable bonds is 3. The van der Waals surface area contributed by atoms with Crippen LogP contribution in [-0.4, -0.2) is 18.4 Å². The first-order valence-corrected chi connectivity index (χ1v) is 9.80. The molecule has 1 aromatic heterocycles. The molecule has 2 N–H and O–H groups in total. The molecule has 0 fully saturated rings. The van der Waals surface area contributed by atoms with Gasteiger partial charge in [-0.1, -0.05) is 19.6 Å². The summed E-state index contributed by atoms with van der Waals surface area (Å²) in [5, 5.41) is 19.4. The first-order valence-electron chi connectivity index (χ1n) is 5.11. The standard InChI is InChI=1S/C11H14N4SSi/c1-17(2,3)7-16-11-9(6-13)4-8(5-12)10(14)15-11/h4H,7H2,1-3H3,(H2,14,15). The Morgan fingerprint density at radius 3 is 2.35 bits per heavy atom. The Kier molecular flexibility index (Phi) is 4.16. The Bertz CT molecular complexity index is 508. The number of pyridine rings is 1. The van der Waals surface area contributed by atoms with E-state index in [0.717, 1.165) is 5.38 Å². The lowest BCUT2D eigenvalue weighted by atomic mass is 10.2. The van der Waals surface area contributed by atoms with Crippen molar-refractivity contribution in [2.24, 2.45) is 0 Å². The van der Waals surface area contributed by atoms with Crippen LogP contribution in [0.15, 0.2) is 11.1 Å². The third-order valence-electron chi connectivity index (χ3n) is 1.90. The monoisotopic (exact) mass is 262 g/mol. The van der Waals surface area contributed by atoms with Crippen LogP contribution in [-0.2, 0) is 0 Å². The molecule has 0 unspecified atom stereocenters. The Balaban J connectivity index is 3.05. The number of nitrogen functional groups attached to an aromatic ring is 1. The maximum Gasteiger partial charge on any atom is 0.142 e. The summed E-state index contributed by atoms with van der Waals surface area (Å²) in [7, 11) is -1.21. The summed E-state index contributed by atoms with van der Waals surface area (Å²) in [5.41, 5.74) is 6.34. The molecular weight excluding hydrogens is 248 g/mol. The summed E-state index contributed by atoms with van der Waals surface area (Å²) >= 11 is 1.55. The average Bonchev–Trinajstić information content (AvgIpc) is 2.25. The number of nitrogens with zero attached hydrogens (tertiary/aromatic N) is 3. The van der Waals surface area contributed by atoms with Crippen LogP contribution in [0.1, 0.15) is 11.1 Å². The maximum atomic E-state index is 9.02. The van der Waals surface area contributed by atoms with Gasteiger partial charge in [-0.2, -0.15) is 10.5 Å². The molecule has 4 nitrogen and oxygen atoms in total. The van der Waals surface area contributed by atoms with E-state index in [0.29, 0.717) is 10.6 Å². The number of nitriles is 2. The number of hydrogen-bond acceptors (Lipinski definition) is 5. The molecule has 0 aliphatic carbocycles. The number of aromatic nitrogens is 1. The van der Waals surface area contributed by atoms with Crippen molar-refractivity contribution in [3.8, 4) is 12.1 Å². The van der Waals surface area contributed by atoms with Gasteiger partial charge in [0.15, 0.2) is 0 Å². The minimum absolute atomic E-state index is 0.199. The van der Waals surface area contributed by atoms with Crippen LogP contribution in [0.4, 0.5) is 5.82 Å². The molecular formula is C11H14N4SSi. The molecule has 0 bridgehead atoms. The fraction of sp³-hybridized carbons (Fsp3) is 0.364. The van der Waals surface area contributed by atoms with E-state index in [9.17, 15) is 0 Å². The van der Waals surface area contributed by atoms with Gasteiger partial charge in [0, 0.05) is 0 Å². The van der Waals surface area contributed by atoms with Gasteiger partial charge < -0.3 is 5.73 Å². The lowest BCUT2D eigenvalue weighted by molar-refractivity contribution is 1.11. The fourth-order valence-corrected chi connectivity index (χ4v) is 3.78. The van der Waals surface area contributed by atoms with E-state index in [1.807, 2.05) is 6.07 Å². The van der Waals surface area contributed by atoms with Crippen LogP contribution in [0, 0.1) is 22.7 Å². The molecule has 0 aliphatic heterocycles. The molecule has 0 radical (unpaired) electrons. The lowest BCUT2D eigenvalue weighted by Gasteiger charge is -2.15. The minimum Gasteiger partial charge on any atom is -0.383 e. The molecule has 0 spiro atoms. The smallest absolute Gasteiger partial charge is 0.142 e. The number of nitrogens with two attached hydrogens (primary N) is 1. The topological polar surface area (TPSA) is 86.5 Å². The summed E-state index contributed by atoms with van der Waals surface area (Å²) in [6, 6.07) is 5.50. The predicted molar refractivity (Wildman–Crippen MR) is 72.1 cm³/mol. The Morgan fingerprint density at radius 2 is 1.88 bits per heavy atom. The second kappa shape index (κ2) is 5.22. The van der Waals surface area contributed by atoms with Crippen molar-refractivity contribution in [3.63, 3.8) is 0 Å². The van der Waals surface area contributed by atoms with E-state index in [1.165, 1.54) is 6.07 Å². The van der Waals surface area contributed by atoms with E-state index in [2.05, 4.69) is 30.7 Å². The predicted octanol–water partition coefficient (Wildman–Crippen LogP) is 2.38. The molecule has 6 heteroatoms. The summed E-state index contributed by atoms with van der Waals surface area (Å²) in [6.45, 7) is 6.75. The Labute approximate surface area is 106 Å². The highest BCUT2D eigenvalue weighted by molar-refractivity contribution is 8.00. The quantitative estimate of drug-likeness (QED) is 0.667. The van der Waals surface area contributed by atoms with Crippen molar-refractivity contribution in [2.45, 2.75) is 24.7 Å². The highest BCUT2D eigenvalue weighted by atomic mass is 32.2. The molecule has 0 saturated carbocycles. The van der Waals surface area contributed by atoms with Crippen LogP contribution in [0.2, 0.25) is 19.6 Å². The summed E-state index contributed by atoms with van der Waals surface area (Å²) < 4.78 is 0. The fourth-order valence-electron chi connectivity index (χ4n) is 1.07. The zero-order valence-corrected chi connectivity index (χ0v) is 11.9. The van der Waals surface area contributed by atoms with Gasteiger partial charge in [0.2, 0.25) is 0 Å². The van der Waals surface area contributed by atoms with E-state index in [-0.39, 0.29) is 11.4 Å². The molecule has 0 amide bonds. The highest BCUT2D eigenvalue weighted by Gasteiger charge is 2.16. The maximum absolute atomic E-state index is 9.02. The second-order valence-corrected chi connectivity index (χ2v) is 11.8. The SMILES string of the molecule is C[Si](C)(C)CSc1nc(N)c(C#N)cc1C#N. The third kappa shape index (κ3) is 3.77. The van der Waals surface area contributed by atoms with Gasteiger partial charge in [0.25, 0.3) is 0 Å². The van der Waals surface area contributed by atoms with Gasteiger partial charge in [0.1, 0.15) is 23.0 Å². The molecule has 0 aromatic carbocycles. The van der Waals surface area contributed by atoms with Crippen molar-refractivity contribution in [3.05, 3.63) is 17.2 Å². The zero-order chi connectivity index (χ0) is 13.1. The molecule has 88 valence electrons. The minimum atomic E-state index is -1.21. The molecule has 17 heavy (non-hydrogen) atoms. The van der Waals surface area contributed by atoms with E-state index < -0.39 is 8.07 Å². The van der Waals surface area contributed by atoms with Crippen LogP contribution in [0.3, 0.4) is 0 Å². The Morgan fingerprint density at radius 1 is 1.29 bits per heavy atom. The van der Waals surface area contributed by atoms with Gasteiger partial charge in [-0.3, -0.25) is 0 Å². The van der Waals surface area contributed by atoms with Gasteiger partial charge in [-0.05, 0) is 11.4 Å². The van der Waals surface area contributed by atoms with E-state index in [4.69, 9.17) is 16.3 Å². The summed E-state index contributed by atoms with van der Waals surface area (Å²) in [4.78, 5) is 4.14. The molecule has 0 aliphatic rings. The highest BCUT2D eigenvalue weighted by Crippen LogP contribution is 2.26. The molecule has 0 saturated heterocycles. The van der Waals surface area contributed by atoms with Gasteiger partial charge in [0.05, 0.1) is 19.2 Å². The number of thioether (sulfide) groups is 1. The number of anilines is 1. The summed E-state index contributed by atoms with van der Waals surface area (Å²) in [6.07, 6.45) is 0. The second-order valence-electron chi connectivity index (χ2n) is 4.85. The lowest BCUT2D eigenvalue weighted by Crippen LogP contribution is -2.24. The van der Waals surface area contributed by atoms with Crippen LogP contribution >= 0.6 is 11.8 Å². The first kappa shape index (κ1) is 13.6. The average molecular weight is 262 g/mol. The molecule has 1 heterocycles. The van der Waals surface area contributed by atoms with Crippen LogP contribution in [0.25, 0.3) is 0 Å². The van der Waals surface area contributed by atoms with Crippen molar-refractivity contribution >= 4 is 25.7 Å². The van der Waals surface area contributed by atoms with Crippen LogP contribution < -0.4 is 5.73 Å². The van der Waals surface area contributed by atoms with Crippen LogP contribution in [0.5, 0.6) is 0 Å². The normalized spacial score (nSPS) is 10.6. The van der Waals surface area contributed by atoms with E-state index in [1.54, 1.807) is 11.8 Å². The van der Waals surface area contributed by atoms with E-state index >= 15 is 0 Å². The van der Waals surface area contributed by atoms with Gasteiger partial charge in [-0.15, -0.1) is 11.8 Å².